The van der Waals surface area contributed by atoms with Crippen molar-refractivity contribution in [2.75, 3.05) is 23.8 Å². The van der Waals surface area contributed by atoms with E-state index in [0.717, 1.165) is 17.9 Å². The van der Waals surface area contributed by atoms with Gasteiger partial charge < -0.3 is 20.5 Å². The molecule has 1 aliphatic rings. The summed E-state index contributed by atoms with van der Waals surface area (Å²) in [6, 6.07) is 9.09. The molecular formula is C15H15N3O3. The summed E-state index contributed by atoms with van der Waals surface area (Å²) in [6.07, 6.45) is 2.15. The number of nitrogens with zero attached hydrogens (tertiary/aromatic N) is 2. The highest BCUT2D eigenvalue weighted by Crippen LogP contribution is 2.37. The molecule has 1 aliphatic heterocycles. The average molecular weight is 285 g/mol. The Labute approximate surface area is 121 Å². The van der Waals surface area contributed by atoms with E-state index in [-0.39, 0.29) is 5.56 Å². The fourth-order valence-electron chi connectivity index (χ4n) is 2.36. The molecule has 3 rings (SSSR count). The third-order valence-corrected chi connectivity index (χ3v) is 3.34. The number of nitrogen functional groups attached to an aromatic ring is 1. The van der Waals surface area contributed by atoms with Crippen LogP contribution in [0.2, 0.25) is 0 Å². The first-order chi connectivity index (χ1) is 10.2. The Kier molecular flexibility index (Phi) is 3.35. The molecule has 2 heterocycles. The van der Waals surface area contributed by atoms with E-state index in [9.17, 15) is 4.79 Å². The molecule has 6 nitrogen and oxygen atoms in total. The van der Waals surface area contributed by atoms with E-state index in [0.29, 0.717) is 24.7 Å². The number of carbonyl (C=O) groups is 1. The molecule has 1 aromatic heterocycles. The van der Waals surface area contributed by atoms with Gasteiger partial charge in [-0.1, -0.05) is 12.1 Å². The van der Waals surface area contributed by atoms with E-state index in [1.54, 1.807) is 0 Å². The van der Waals surface area contributed by atoms with Gasteiger partial charge in [-0.3, -0.25) is 0 Å². The van der Waals surface area contributed by atoms with E-state index in [1.165, 1.54) is 12.3 Å². The van der Waals surface area contributed by atoms with E-state index in [2.05, 4.69) is 4.98 Å². The summed E-state index contributed by atoms with van der Waals surface area (Å²) in [5.41, 5.74) is 7.29. The highest BCUT2D eigenvalue weighted by molar-refractivity contribution is 5.90. The lowest BCUT2D eigenvalue weighted by molar-refractivity contribution is 0.0696. The largest absolute Gasteiger partial charge is 0.491 e. The van der Waals surface area contributed by atoms with Crippen LogP contribution in [0.1, 0.15) is 16.8 Å². The number of hydrogen-bond donors (Lipinski definition) is 2. The predicted molar refractivity (Wildman–Crippen MR) is 79.2 cm³/mol. The normalized spacial score (nSPS) is 14.0. The van der Waals surface area contributed by atoms with Gasteiger partial charge in [0.1, 0.15) is 5.75 Å². The molecule has 0 saturated heterocycles. The number of rotatable bonds is 2. The molecule has 0 radical (unpaired) electrons. The highest BCUT2D eigenvalue weighted by atomic mass is 16.5. The molecule has 0 fully saturated rings. The molecule has 0 unspecified atom stereocenters. The number of para-hydroxylation sites is 2. The maximum Gasteiger partial charge on any atom is 0.337 e. The van der Waals surface area contributed by atoms with Gasteiger partial charge in [0.2, 0.25) is 0 Å². The van der Waals surface area contributed by atoms with Crippen molar-refractivity contribution in [3.63, 3.8) is 0 Å². The van der Waals surface area contributed by atoms with Crippen LogP contribution < -0.4 is 15.4 Å². The number of hydrogen-bond acceptors (Lipinski definition) is 5. The number of nitrogens with two attached hydrogens (primary N) is 1. The molecule has 0 bridgehead atoms. The zero-order valence-corrected chi connectivity index (χ0v) is 11.3. The highest BCUT2D eigenvalue weighted by Gasteiger charge is 2.21. The van der Waals surface area contributed by atoms with Crippen LogP contribution in [0, 0.1) is 0 Å². The smallest absolute Gasteiger partial charge is 0.337 e. The number of anilines is 3. The Morgan fingerprint density at radius 3 is 2.95 bits per heavy atom. The third-order valence-electron chi connectivity index (χ3n) is 3.34. The van der Waals surface area contributed by atoms with E-state index in [1.807, 2.05) is 29.2 Å². The van der Waals surface area contributed by atoms with Gasteiger partial charge in [0.05, 0.1) is 23.5 Å². The summed E-state index contributed by atoms with van der Waals surface area (Å²) >= 11 is 0. The minimum atomic E-state index is -1.04. The number of aromatic carboxylic acids is 1. The van der Waals surface area contributed by atoms with Crippen molar-refractivity contribution in [2.24, 2.45) is 0 Å². The minimum Gasteiger partial charge on any atom is -0.491 e. The third kappa shape index (κ3) is 2.47. The zero-order chi connectivity index (χ0) is 14.8. The summed E-state index contributed by atoms with van der Waals surface area (Å²) in [5, 5.41) is 8.98. The van der Waals surface area contributed by atoms with Crippen LogP contribution in [-0.2, 0) is 0 Å². The van der Waals surface area contributed by atoms with Crippen LogP contribution >= 0.6 is 0 Å². The molecule has 0 spiro atoms. The molecular weight excluding hydrogens is 270 g/mol. The summed E-state index contributed by atoms with van der Waals surface area (Å²) < 4.78 is 5.70. The molecule has 6 heteroatoms. The van der Waals surface area contributed by atoms with Gasteiger partial charge in [0.15, 0.2) is 5.82 Å². The number of aromatic nitrogens is 1. The van der Waals surface area contributed by atoms with E-state index in [4.69, 9.17) is 15.6 Å². The van der Waals surface area contributed by atoms with Crippen molar-refractivity contribution in [3.05, 3.63) is 42.1 Å². The molecule has 0 aliphatic carbocycles. The molecule has 108 valence electrons. The molecule has 21 heavy (non-hydrogen) atoms. The SMILES string of the molecule is Nc1cc(C(=O)O)cnc1N1CCCOc2ccccc21. The molecule has 0 amide bonds. The van der Waals surface area contributed by atoms with E-state index >= 15 is 0 Å². The molecule has 1 aromatic carbocycles. The van der Waals surface area contributed by atoms with Crippen molar-refractivity contribution in [1.82, 2.24) is 4.98 Å². The first kappa shape index (κ1) is 13.2. The summed E-state index contributed by atoms with van der Waals surface area (Å²) in [4.78, 5) is 17.2. The molecule has 0 atom stereocenters. The lowest BCUT2D eigenvalue weighted by Gasteiger charge is -2.24. The van der Waals surface area contributed by atoms with Gasteiger partial charge in [-0.25, -0.2) is 9.78 Å². The number of fused-ring (bicyclic) bond motifs is 1. The second kappa shape index (κ2) is 5.32. The first-order valence-corrected chi connectivity index (χ1v) is 6.65. The molecule has 3 N–H and O–H groups in total. The number of carboxylic acids is 1. The van der Waals surface area contributed by atoms with Gasteiger partial charge in [-0.15, -0.1) is 0 Å². The topological polar surface area (TPSA) is 88.7 Å². The standard InChI is InChI=1S/C15H15N3O3/c16-11-8-10(15(19)20)9-17-14(11)18-6-3-7-21-13-5-2-1-4-12(13)18/h1-2,4-5,8-9H,3,6-7,16H2,(H,19,20). The second-order valence-electron chi connectivity index (χ2n) is 4.76. The van der Waals surface area contributed by atoms with Crippen LogP contribution in [0.5, 0.6) is 5.75 Å². The lowest BCUT2D eigenvalue weighted by Crippen LogP contribution is -2.20. The Hall–Kier alpha value is -2.76. The van der Waals surface area contributed by atoms with Crippen molar-refractivity contribution in [2.45, 2.75) is 6.42 Å². The fraction of sp³-hybridized carbons (Fsp3) is 0.200. The van der Waals surface area contributed by atoms with Gasteiger partial charge in [0.25, 0.3) is 0 Å². The lowest BCUT2D eigenvalue weighted by atomic mass is 10.2. The van der Waals surface area contributed by atoms with Gasteiger partial charge in [0, 0.05) is 12.7 Å². The summed E-state index contributed by atoms with van der Waals surface area (Å²) in [7, 11) is 0. The summed E-state index contributed by atoms with van der Waals surface area (Å²) in [5.74, 6) is 0.289. The van der Waals surface area contributed by atoms with Crippen LogP contribution in [0.15, 0.2) is 36.5 Å². The van der Waals surface area contributed by atoms with Crippen LogP contribution in [0.4, 0.5) is 17.2 Å². The maximum absolute atomic E-state index is 11.0. The van der Waals surface area contributed by atoms with Crippen LogP contribution in [0.3, 0.4) is 0 Å². The zero-order valence-electron chi connectivity index (χ0n) is 11.3. The Bertz CT molecular complexity index is 688. The Balaban J connectivity index is 2.06. The Morgan fingerprint density at radius 2 is 2.19 bits per heavy atom. The maximum atomic E-state index is 11.0. The fourth-order valence-corrected chi connectivity index (χ4v) is 2.36. The van der Waals surface area contributed by atoms with Crippen molar-refractivity contribution in [3.8, 4) is 5.75 Å². The average Bonchev–Trinajstić information content (AvgIpc) is 2.69. The van der Waals surface area contributed by atoms with Crippen molar-refractivity contribution in [1.29, 1.82) is 0 Å². The van der Waals surface area contributed by atoms with Crippen LogP contribution in [-0.4, -0.2) is 29.2 Å². The monoisotopic (exact) mass is 285 g/mol. The Morgan fingerprint density at radius 1 is 1.38 bits per heavy atom. The first-order valence-electron chi connectivity index (χ1n) is 6.65. The molecule has 0 saturated carbocycles. The number of ether oxygens (including phenoxy) is 1. The van der Waals surface area contributed by atoms with E-state index < -0.39 is 5.97 Å². The van der Waals surface area contributed by atoms with Gasteiger partial charge >= 0.3 is 5.97 Å². The predicted octanol–water partition coefficient (Wildman–Crippen LogP) is 2.28. The van der Waals surface area contributed by atoms with Crippen molar-refractivity contribution >= 4 is 23.2 Å². The number of pyridine rings is 1. The van der Waals surface area contributed by atoms with Gasteiger partial charge in [-0.05, 0) is 24.6 Å². The summed E-state index contributed by atoms with van der Waals surface area (Å²) in [6.45, 7) is 1.33. The second-order valence-corrected chi connectivity index (χ2v) is 4.76. The van der Waals surface area contributed by atoms with Gasteiger partial charge in [-0.2, -0.15) is 0 Å². The quantitative estimate of drug-likeness (QED) is 0.880. The van der Waals surface area contributed by atoms with Crippen molar-refractivity contribution < 1.29 is 14.6 Å². The number of carboxylic acid groups (broad SMARTS) is 1. The van der Waals surface area contributed by atoms with Crippen LogP contribution in [0.25, 0.3) is 0 Å². The number of benzene rings is 1. The minimum absolute atomic E-state index is 0.0793. The molecule has 2 aromatic rings.